The summed E-state index contributed by atoms with van der Waals surface area (Å²) in [5, 5.41) is 12.0. The van der Waals surface area contributed by atoms with Crippen LogP contribution in [0, 0.1) is 0 Å². The molecule has 0 spiro atoms. The summed E-state index contributed by atoms with van der Waals surface area (Å²) in [5.41, 5.74) is 0.902. The van der Waals surface area contributed by atoms with Gasteiger partial charge in [0.15, 0.2) is 11.2 Å². The first-order valence-corrected chi connectivity index (χ1v) is 8.88. The first-order chi connectivity index (χ1) is 12.6. The van der Waals surface area contributed by atoms with Crippen molar-refractivity contribution < 1.29 is 24.2 Å². The third-order valence-corrected chi connectivity index (χ3v) is 4.79. The third kappa shape index (κ3) is 4.00. The molecule has 0 saturated heterocycles. The van der Waals surface area contributed by atoms with E-state index >= 15 is 0 Å². The molecule has 1 heterocycles. The minimum absolute atomic E-state index is 0.167. The highest BCUT2D eigenvalue weighted by Crippen LogP contribution is 2.35. The zero-order valence-corrected chi connectivity index (χ0v) is 14.8. The monoisotopic (exact) mass is 371 g/mol. The lowest BCUT2D eigenvalue weighted by atomic mass is 10.0. The molecule has 2 aromatic rings. The van der Waals surface area contributed by atoms with Gasteiger partial charge in [-0.1, -0.05) is 12.1 Å². The zero-order valence-electron chi connectivity index (χ0n) is 14.0. The third-order valence-electron chi connectivity index (χ3n) is 3.72. The minimum Gasteiger partial charge on any atom is -0.497 e. The Morgan fingerprint density at radius 1 is 1.27 bits per heavy atom. The van der Waals surface area contributed by atoms with Crippen LogP contribution in [0.3, 0.4) is 0 Å². The molecule has 1 aliphatic heterocycles. The number of para-hydroxylation sites is 1. The van der Waals surface area contributed by atoms with Crippen LogP contribution >= 0.6 is 11.8 Å². The molecule has 134 valence electrons. The molecular formula is C19H17NO5S. The number of carboxylic acids is 1. The van der Waals surface area contributed by atoms with Crippen LogP contribution in [0.2, 0.25) is 0 Å². The van der Waals surface area contributed by atoms with Crippen LogP contribution in [0.4, 0.5) is 5.69 Å². The summed E-state index contributed by atoms with van der Waals surface area (Å²) >= 11 is 1.05. The molecule has 0 radical (unpaired) electrons. The van der Waals surface area contributed by atoms with Crippen LogP contribution < -0.4 is 14.8 Å². The number of benzene rings is 2. The van der Waals surface area contributed by atoms with E-state index in [1.54, 1.807) is 49.7 Å². The Morgan fingerprint density at radius 3 is 2.69 bits per heavy atom. The van der Waals surface area contributed by atoms with E-state index in [4.69, 9.17) is 14.6 Å². The zero-order chi connectivity index (χ0) is 18.5. The van der Waals surface area contributed by atoms with Crippen molar-refractivity contribution in [1.82, 2.24) is 0 Å². The van der Waals surface area contributed by atoms with E-state index in [0.717, 1.165) is 23.2 Å². The summed E-state index contributed by atoms with van der Waals surface area (Å²) in [4.78, 5) is 23.7. The summed E-state index contributed by atoms with van der Waals surface area (Å²) in [5.74, 6) is -0.130. The largest absolute Gasteiger partial charge is 0.497 e. The molecule has 2 aromatic carbocycles. The number of Topliss-reactive ketones (excluding diaryl/α,β-unsaturated/α-hetero) is 1. The highest BCUT2D eigenvalue weighted by Gasteiger charge is 2.32. The Labute approximate surface area is 154 Å². The summed E-state index contributed by atoms with van der Waals surface area (Å²) in [6.45, 7) is 0. The molecule has 0 amide bonds. The van der Waals surface area contributed by atoms with Gasteiger partial charge in [-0.15, -0.1) is 11.8 Å². The van der Waals surface area contributed by atoms with Crippen LogP contribution in [0.1, 0.15) is 10.4 Å². The van der Waals surface area contributed by atoms with Crippen molar-refractivity contribution in [3.05, 3.63) is 65.9 Å². The number of hydrogen-bond donors (Lipinski definition) is 2. The lowest BCUT2D eigenvalue weighted by Crippen LogP contribution is -2.29. The van der Waals surface area contributed by atoms with Crippen LogP contribution in [0.5, 0.6) is 11.5 Å². The molecule has 0 saturated carbocycles. The summed E-state index contributed by atoms with van der Waals surface area (Å²) in [6, 6.07) is 14.2. The lowest BCUT2D eigenvalue weighted by molar-refractivity contribution is -0.133. The van der Waals surface area contributed by atoms with Crippen molar-refractivity contribution in [3.8, 4) is 11.5 Å². The predicted octanol–water partition coefficient (Wildman–Crippen LogP) is 3.41. The Kier molecular flexibility index (Phi) is 5.48. The number of ketones is 1. The number of carbonyl (C=O) groups excluding carboxylic acids is 1. The van der Waals surface area contributed by atoms with E-state index in [1.165, 1.54) is 0 Å². The van der Waals surface area contributed by atoms with E-state index < -0.39 is 11.4 Å². The van der Waals surface area contributed by atoms with Crippen molar-refractivity contribution in [3.63, 3.8) is 0 Å². The molecule has 6 nitrogen and oxygen atoms in total. The topological polar surface area (TPSA) is 84.9 Å². The molecule has 1 aliphatic rings. The Balaban J connectivity index is 1.86. The van der Waals surface area contributed by atoms with E-state index in [2.05, 4.69) is 5.32 Å². The molecule has 0 aromatic heterocycles. The molecule has 26 heavy (non-hydrogen) atoms. The normalized spacial score (nSPS) is 17.3. The van der Waals surface area contributed by atoms with Crippen LogP contribution in [-0.4, -0.2) is 35.2 Å². The Hall–Kier alpha value is -2.93. The van der Waals surface area contributed by atoms with Gasteiger partial charge in [0.25, 0.3) is 0 Å². The van der Waals surface area contributed by atoms with Crippen LogP contribution in [-0.2, 0) is 4.79 Å². The Morgan fingerprint density at radius 2 is 2.00 bits per heavy atom. The minimum atomic E-state index is -0.965. The van der Waals surface area contributed by atoms with Gasteiger partial charge >= 0.3 is 5.97 Å². The first-order valence-electron chi connectivity index (χ1n) is 7.83. The summed E-state index contributed by atoms with van der Waals surface area (Å²) in [7, 11) is 1.59. The SMILES string of the molecule is COc1ccc(NC=C2C(=O)c3ccccc3OC2SCC(=O)O)cc1. The molecule has 3 rings (SSSR count). The van der Waals surface area contributed by atoms with E-state index in [9.17, 15) is 9.59 Å². The van der Waals surface area contributed by atoms with E-state index in [0.29, 0.717) is 16.9 Å². The molecule has 0 aliphatic carbocycles. The molecule has 0 bridgehead atoms. The highest BCUT2D eigenvalue weighted by atomic mass is 32.2. The number of rotatable bonds is 6. The van der Waals surface area contributed by atoms with Gasteiger partial charge < -0.3 is 19.9 Å². The van der Waals surface area contributed by atoms with Crippen molar-refractivity contribution in [2.24, 2.45) is 0 Å². The molecule has 0 fully saturated rings. The molecule has 2 N–H and O–H groups in total. The molecule has 7 heteroatoms. The van der Waals surface area contributed by atoms with Gasteiger partial charge in [0.2, 0.25) is 0 Å². The van der Waals surface area contributed by atoms with Gasteiger partial charge in [-0.2, -0.15) is 0 Å². The van der Waals surface area contributed by atoms with Gasteiger partial charge in [-0.3, -0.25) is 9.59 Å². The van der Waals surface area contributed by atoms with Gasteiger partial charge in [0.05, 0.1) is 24.0 Å². The fourth-order valence-corrected chi connectivity index (χ4v) is 3.27. The van der Waals surface area contributed by atoms with Gasteiger partial charge in [-0.25, -0.2) is 0 Å². The molecular weight excluding hydrogens is 354 g/mol. The standard InChI is InChI=1S/C19H17NO5S/c1-24-13-8-6-12(7-9-13)20-10-15-18(23)14-4-2-3-5-16(14)25-19(15)26-11-17(21)22/h2-10,19-20H,11H2,1H3,(H,21,22). The maximum absolute atomic E-state index is 12.8. The second-order valence-corrected chi connectivity index (χ2v) is 6.50. The number of anilines is 1. The number of carboxylic acid groups (broad SMARTS) is 1. The second kappa shape index (κ2) is 7.97. The predicted molar refractivity (Wildman–Crippen MR) is 100.0 cm³/mol. The van der Waals surface area contributed by atoms with E-state index in [-0.39, 0.29) is 11.5 Å². The smallest absolute Gasteiger partial charge is 0.313 e. The number of ether oxygens (including phenoxy) is 2. The average molecular weight is 371 g/mol. The average Bonchev–Trinajstić information content (AvgIpc) is 2.66. The number of thioether (sulfide) groups is 1. The maximum Gasteiger partial charge on any atom is 0.313 e. The van der Waals surface area contributed by atoms with Gasteiger partial charge in [-0.05, 0) is 36.4 Å². The number of hydrogen-bond acceptors (Lipinski definition) is 6. The lowest BCUT2D eigenvalue weighted by Gasteiger charge is -2.26. The van der Waals surface area contributed by atoms with Gasteiger partial charge in [0, 0.05) is 11.9 Å². The summed E-state index contributed by atoms with van der Waals surface area (Å²) < 4.78 is 11.0. The van der Waals surface area contributed by atoms with Crippen molar-refractivity contribution in [2.45, 2.75) is 5.44 Å². The molecule has 1 atom stereocenters. The first kappa shape index (κ1) is 17.9. The number of carbonyl (C=O) groups is 2. The second-order valence-electron chi connectivity index (χ2n) is 5.45. The maximum atomic E-state index is 12.8. The fraction of sp³-hybridized carbons (Fsp3) is 0.158. The number of aliphatic carboxylic acids is 1. The number of fused-ring (bicyclic) bond motifs is 1. The van der Waals surface area contributed by atoms with Gasteiger partial charge in [0.1, 0.15) is 11.5 Å². The summed E-state index contributed by atoms with van der Waals surface area (Å²) in [6.07, 6.45) is 1.57. The molecule has 1 unspecified atom stereocenters. The number of methoxy groups -OCH3 is 1. The van der Waals surface area contributed by atoms with Crippen molar-refractivity contribution >= 4 is 29.2 Å². The van der Waals surface area contributed by atoms with Crippen LogP contribution in [0.15, 0.2) is 60.3 Å². The highest BCUT2D eigenvalue weighted by molar-refractivity contribution is 8.00. The quantitative estimate of drug-likeness (QED) is 0.753. The van der Waals surface area contributed by atoms with Crippen molar-refractivity contribution in [2.75, 3.05) is 18.2 Å². The van der Waals surface area contributed by atoms with Crippen LogP contribution in [0.25, 0.3) is 0 Å². The van der Waals surface area contributed by atoms with Crippen molar-refractivity contribution in [1.29, 1.82) is 0 Å². The van der Waals surface area contributed by atoms with E-state index in [1.807, 2.05) is 12.1 Å². The Bertz CT molecular complexity index is 847. The number of nitrogens with one attached hydrogen (secondary N) is 1. The fourth-order valence-electron chi connectivity index (χ4n) is 2.45.